The Morgan fingerprint density at radius 3 is 2.65 bits per heavy atom. The first-order valence-electron chi connectivity index (χ1n) is 5.48. The molecule has 0 saturated heterocycles. The number of ether oxygens (including phenoxy) is 1. The van der Waals surface area contributed by atoms with Gasteiger partial charge in [0.25, 0.3) is 0 Å². The minimum atomic E-state index is -0.0424. The lowest BCUT2D eigenvalue weighted by molar-refractivity contribution is 0.281. The highest BCUT2D eigenvalue weighted by Crippen LogP contribution is 2.20. The summed E-state index contributed by atoms with van der Waals surface area (Å²) in [7, 11) is 0. The van der Waals surface area contributed by atoms with Crippen LogP contribution in [0.2, 0.25) is 0 Å². The maximum absolute atomic E-state index is 8.91. The molecule has 2 aromatic rings. The number of hydrogen-bond acceptors (Lipinski definition) is 4. The van der Waals surface area contributed by atoms with Crippen LogP contribution in [0.3, 0.4) is 0 Å². The first-order chi connectivity index (χ1) is 8.33. The number of benzene rings is 1. The fourth-order valence-corrected chi connectivity index (χ4v) is 1.48. The zero-order chi connectivity index (χ0) is 12.1. The predicted molar refractivity (Wildman–Crippen MR) is 64.6 cm³/mol. The van der Waals surface area contributed by atoms with Crippen LogP contribution in [0.25, 0.3) is 11.4 Å². The highest BCUT2D eigenvalue weighted by Gasteiger charge is 2.02. The fourth-order valence-electron chi connectivity index (χ4n) is 1.48. The number of nitrogens with zero attached hydrogens (tertiary/aromatic N) is 2. The summed E-state index contributed by atoms with van der Waals surface area (Å²) in [5.41, 5.74) is 1.61. The third-order valence-electron chi connectivity index (χ3n) is 2.29. The van der Waals surface area contributed by atoms with Gasteiger partial charge in [0.1, 0.15) is 5.75 Å². The number of aromatic nitrogens is 2. The average Bonchev–Trinajstić information content (AvgIpc) is 2.40. The molecule has 1 N–H and O–H groups in total. The van der Waals surface area contributed by atoms with Crippen LogP contribution in [0, 0.1) is 0 Å². The molecule has 0 unspecified atom stereocenters. The summed E-state index contributed by atoms with van der Waals surface area (Å²) >= 11 is 0. The maximum Gasteiger partial charge on any atom is 0.159 e. The summed E-state index contributed by atoms with van der Waals surface area (Å²) in [6.45, 7) is 2.53. The van der Waals surface area contributed by atoms with Gasteiger partial charge in [-0.25, -0.2) is 9.97 Å². The van der Waals surface area contributed by atoms with Crippen LogP contribution in [-0.2, 0) is 6.61 Å². The van der Waals surface area contributed by atoms with Gasteiger partial charge in [-0.05, 0) is 19.1 Å². The SMILES string of the molecule is CCOc1cccc(-c2ncc(CO)cn2)c1. The molecule has 0 atom stereocenters. The molecule has 4 nitrogen and oxygen atoms in total. The Hall–Kier alpha value is -1.94. The van der Waals surface area contributed by atoms with E-state index in [0.29, 0.717) is 18.0 Å². The molecule has 4 heteroatoms. The summed E-state index contributed by atoms with van der Waals surface area (Å²) in [5.74, 6) is 1.43. The van der Waals surface area contributed by atoms with Crippen molar-refractivity contribution in [2.75, 3.05) is 6.61 Å². The van der Waals surface area contributed by atoms with Crippen molar-refractivity contribution < 1.29 is 9.84 Å². The van der Waals surface area contributed by atoms with Gasteiger partial charge in [-0.2, -0.15) is 0 Å². The van der Waals surface area contributed by atoms with E-state index in [2.05, 4.69) is 9.97 Å². The molecular weight excluding hydrogens is 216 g/mol. The molecule has 0 amide bonds. The van der Waals surface area contributed by atoms with E-state index in [0.717, 1.165) is 11.3 Å². The number of hydrogen-bond donors (Lipinski definition) is 1. The van der Waals surface area contributed by atoms with Crippen LogP contribution >= 0.6 is 0 Å². The Labute approximate surface area is 99.9 Å². The average molecular weight is 230 g/mol. The van der Waals surface area contributed by atoms with Gasteiger partial charge >= 0.3 is 0 Å². The smallest absolute Gasteiger partial charge is 0.159 e. The number of aliphatic hydroxyl groups excluding tert-OH is 1. The van der Waals surface area contributed by atoms with Crippen LogP contribution in [0.5, 0.6) is 5.75 Å². The van der Waals surface area contributed by atoms with Gasteiger partial charge in [-0.15, -0.1) is 0 Å². The van der Waals surface area contributed by atoms with Gasteiger partial charge in [0.2, 0.25) is 0 Å². The fraction of sp³-hybridized carbons (Fsp3) is 0.231. The molecule has 0 spiro atoms. The van der Waals surface area contributed by atoms with Gasteiger partial charge in [-0.3, -0.25) is 0 Å². The Bertz CT molecular complexity index is 483. The molecule has 0 radical (unpaired) electrons. The molecule has 0 aliphatic rings. The third-order valence-corrected chi connectivity index (χ3v) is 2.29. The lowest BCUT2D eigenvalue weighted by Gasteiger charge is -2.05. The Morgan fingerprint density at radius 2 is 2.00 bits per heavy atom. The van der Waals surface area contributed by atoms with Crippen molar-refractivity contribution in [3.8, 4) is 17.1 Å². The summed E-state index contributed by atoms with van der Waals surface area (Å²) in [5, 5.41) is 8.91. The van der Waals surface area contributed by atoms with Crippen LogP contribution in [-0.4, -0.2) is 21.7 Å². The lowest BCUT2D eigenvalue weighted by Crippen LogP contribution is -1.94. The highest BCUT2D eigenvalue weighted by molar-refractivity contribution is 5.57. The molecule has 88 valence electrons. The van der Waals surface area contributed by atoms with Crippen molar-refractivity contribution in [1.29, 1.82) is 0 Å². The van der Waals surface area contributed by atoms with E-state index in [1.165, 1.54) is 0 Å². The first kappa shape index (κ1) is 11.5. The van der Waals surface area contributed by atoms with Crippen molar-refractivity contribution in [3.63, 3.8) is 0 Å². The summed E-state index contributed by atoms with van der Waals surface area (Å²) in [6, 6.07) is 7.63. The topological polar surface area (TPSA) is 55.2 Å². The van der Waals surface area contributed by atoms with E-state index in [1.807, 2.05) is 31.2 Å². The Balaban J connectivity index is 2.28. The standard InChI is InChI=1S/C13H14N2O2/c1-2-17-12-5-3-4-11(6-12)13-14-7-10(9-16)8-15-13/h3-8,16H,2,9H2,1H3. The molecule has 1 aromatic heterocycles. The second-order valence-electron chi connectivity index (χ2n) is 3.53. The minimum Gasteiger partial charge on any atom is -0.494 e. The third kappa shape index (κ3) is 2.79. The molecule has 0 saturated carbocycles. The van der Waals surface area contributed by atoms with Crippen LogP contribution in [0.15, 0.2) is 36.7 Å². The number of aliphatic hydroxyl groups is 1. The molecule has 0 aliphatic carbocycles. The van der Waals surface area contributed by atoms with Gasteiger partial charge in [0.05, 0.1) is 13.2 Å². The van der Waals surface area contributed by atoms with Gasteiger partial charge < -0.3 is 9.84 Å². The summed E-state index contributed by atoms with van der Waals surface area (Å²) in [6.07, 6.45) is 3.24. The van der Waals surface area contributed by atoms with Crippen LogP contribution in [0.1, 0.15) is 12.5 Å². The van der Waals surface area contributed by atoms with Crippen molar-refractivity contribution in [1.82, 2.24) is 9.97 Å². The lowest BCUT2D eigenvalue weighted by atomic mass is 10.2. The van der Waals surface area contributed by atoms with Gasteiger partial charge in [0, 0.05) is 23.5 Å². The minimum absolute atomic E-state index is 0.0424. The van der Waals surface area contributed by atoms with Crippen molar-refractivity contribution in [3.05, 3.63) is 42.2 Å². The molecule has 0 fully saturated rings. The van der Waals surface area contributed by atoms with E-state index >= 15 is 0 Å². The molecule has 1 heterocycles. The van der Waals surface area contributed by atoms with Crippen molar-refractivity contribution >= 4 is 0 Å². The summed E-state index contributed by atoms with van der Waals surface area (Å²) < 4.78 is 5.42. The molecule has 0 bridgehead atoms. The highest BCUT2D eigenvalue weighted by atomic mass is 16.5. The number of rotatable bonds is 4. The molecule has 2 rings (SSSR count). The second-order valence-corrected chi connectivity index (χ2v) is 3.53. The molecule has 17 heavy (non-hydrogen) atoms. The zero-order valence-electron chi connectivity index (χ0n) is 9.63. The molecule has 0 aliphatic heterocycles. The van der Waals surface area contributed by atoms with E-state index in [-0.39, 0.29) is 6.61 Å². The van der Waals surface area contributed by atoms with E-state index in [4.69, 9.17) is 9.84 Å². The normalized spacial score (nSPS) is 10.2. The second kappa shape index (κ2) is 5.41. The van der Waals surface area contributed by atoms with Crippen molar-refractivity contribution in [2.24, 2.45) is 0 Å². The molecular formula is C13H14N2O2. The Morgan fingerprint density at radius 1 is 1.24 bits per heavy atom. The maximum atomic E-state index is 8.91. The monoisotopic (exact) mass is 230 g/mol. The summed E-state index contributed by atoms with van der Waals surface area (Å²) in [4.78, 5) is 8.39. The van der Waals surface area contributed by atoms with E-state index in [1.54, 1.807) is 12.4 Å². The zero-order valence-corrected chi connectivity index (χ0v) is 9.63. The largest absolute Gasteiger partial charge is 0.494 e. The van der Waals surface area contributed by atoms with Gasteiger partial charge in [-0.1, -0.05) is 12.1 Å². The van der Waals surface area contributed by atoms with E-state index < -0.39 is 0 Å². The molecule has 1 aromatic carbocycles. The first-order valence-corrected chi connectivity index (χ1v) is 5.48. The van der Waals surface area contributed by atoms with Crippen molar-refractivity contribution in [2.45, 2.75) is 13.5 Å². The Kier molecular flexibility index (Phi) is 3.67. The van der Waals surface area contributed by atoms with Crippen LogP contribution < -0.4 is 4.74 Å². The quantitative estimate of drug-likeness (QED) is 0.873. The predicted octanol–water partition coefficient (Wildman–Crippen LogP) is 2.03. The van der Waals surface area contributed by atoms with Gasteiger partial charge in [0.15, 0.2) is 5.82 Å². The van der Waals surface area contributed by atoms with E-state index in [9.17, 15) is 0 Å². The van der Waals surface area contributed by atoms with Crippen LogP contribution in [0.4, 0.5) is 0 Å².